The Morgan fingerprint density at radius 2 is 1.51 bits per heavy atom. The number of carbonyl (C=O) groups excluding carboxylic acids is 2. The lowest BCUT2D eigenvalue weighted by molar-refractivity contribution is -0.158. The lowest BCUT2D eigenvalue weighted by Crippen LogP contribution is -2.28. The fraction of sp³-hybridized carbons (Fsp3) is 0.250. The molecule has 0 N–H and O–H groups in total. The van der Waals surface area contributed by atoms with Gasteiger partial charge in [0.1, 0.15) is 12.4 Å². The number of carbonyl (C=O) groups is 2. The summed E-state index contributed by atoms with van der Waals surface area (Å²) in [5.41, 5.74) is 3.93. The first-order valence-corrected chi connectivity index (χ1v) is 12.8. The van der Waals surface area contributed by atoms with Crippen molar-refractivity contribution < 1.29 is 23.8 Å². The molecule has 0 radical (unpaired) electrons. The zero-order valence-corrected chi connectivity index (χ0v) is 22.0. The Labute approximate surface area is 223 Å². The number of hydrogen-bond donors (Lipinski definition) is 0. The van der Waals surface area contributed by atoms with Crippen LogP contribution in [0.2, 0.25) is 5.02 Å². The maximum Gasteiger partial charge on any atom is 0.320 e. The SMILES string of the molecule is COC(=O)C(Cc1ccc(OCCn2c(=O)sc3cc(Cc4ccc(Cl)cc4)ccc32)cc1)C(=O)OC. The van der Waals surface area contributed by atoms with E-state index in [9.17, 15) is 14.4 Å². The number of methoxy groups -OCH3 is 2. The molecule has 0 atom stereocenters. The van der Waals surface area contributed by atoms with Crippen LogP contribution < -0.4 is 9.61 Å². The van der Waals surface area contributed by atoms with Crippen molar-refractivity contribution in [1.82, 2.24) is 4.57 Å². The molecule has 4 rings (SSSR count). The second kappa shape index (κ2) is 12.1. The molecule has 7 nitrogen and oxygen atoms in total. The number of nitrogens with zero attached hydrogens (tertiary/aromatic N) is 1. The maximum absolute atomic E-state index is 12.6. The highest BCUT2D eigenvalue weighted by Gasteiger charge is 2.28. The highest BCUT2D eigenvalue weighted by atomic mass is 35.5. The van der Waals surface area contributed by atoms with E-state index in [1.54, 1.807) is 28.8 Å². The molecule has 0 unspecified atom stereocenters. The van der Waals surface area contributed by atoms with Crippen LogP contribution in [0.3, 0.4) is 0 Å². The van der Waals surface area contributed by atoms with Gasteiger partial charge in [-0.05, 0) is 65.9 Å². The number of esters is 2. The van der Waals surface area contributed by atoms with Gasteiger partial charge in [-0.2, -0.15) is 0 Å². The van der Waals surface area contributed by atoms with Gasteiger partial charge in [-0.25, -0.2) is 0 Å². The van der Waals surface area contributed by atoms with Crippen molar-refractivity contribution in [3.05, 3.63) is 98.1 Å². The fourth-order valence-corrected chi connectivity index (χ4v) is 5.14. The number of hydrogen-bond acceptors (Lipinski definition) is 7. The first-order chi connectivity index (χ1) is 17.9. The van der Waals surface area contributed by atoms with Crippen molar-refractivity contribution in [2.45, 2.75) is 19.4 Å². The molecule has 0 saturated heterocycles. The molecular weight excluding hydrogens is 514 g/mol. The van der Waals surface area contributed by atoms with Gasteiger partial charge in [-0.15, -0.1) is 0 Å². The largest absolute Gasteiger partial charge is 0.492 e. The number of thiazole rings is 1. The van der Waals surface area contributed by atoms with Gasteiger partial charge in [0.15, 0.2) is 5.92 Å². The summed E-state index contributed by atoms with van der Waals surface area (Å²) >= 11 is 7.20. The van der Waals surface area contributed by atoms with Crippen LogP contribution in [0.1, 0.15) is 16.7 Å². The molecule has 9 heteroatoms. The number of aromatic nitrogens is 1. The van der Waals surface area contributed by atoms with Crippen molar-refractivity contribution in [3.8, 4) is 5.75 Å². The summed E-state index contributed by atoms with van der Waals surface area (Å²) in [6.07, 6.45) is 0.925. The average molecular weight is 540 g/mol. The predicted molar refractivity (Wildman–Crippen MR) is 144 cm³/mol. The highest BCUT2D eigenvalue weighted by Crippen LogP contribution is 2.22. The molecule has 0 bridgehead atoms. The van der Waals surface area contributed by atoms with Crippen LogP contribution in [0.25, 0.3) is 10.2 Å². The second-order valence-electron chi connectivity index (χ2n) is 8.42. The van der Waals surface area contributed by atoms with Crippen molar-refractivity contribution in [3.63, 3.8) is 0 Å². The van der Waals surface area contributed by atoms with E-state index in [0.29, 0.717) is 23.9 Å². The molecular formula is C28H26ClNO6S. The van der Waals surface area contributed by atoms with E-state index in [1.807, 2.05) is 36.4 Å². The van der Waals surface area contributed by atoms with E-state index in [4.69, 9.17) is 25.8 Å². The third-order valence-electron chi connectivity index (χ3n) is 5.97. The summed E-state index contributed by atoms with van der Waals surface area (Å²) in [5, 5.41) is 0.707. The van der Waals surface area contributed by atoms with Gasteiger partial charge in [0, 0.05) is 5.02 Å². The Balaban J connectivity index is 1.37. The molecule has 3 aromatic carbocycles. The Hall–Kier alpha value is -3.62. The zero-order valence-electron chi connectivity index (χ0n) is 20.4. The first-order valence-electron chi connectivity index (χ1n) is 11.6. The van der Waals surface area contributed by atoms with Crippen molar-refractivity contribution >= 4 is 45.1 Å². The molecule has 0 saturated carbocycles. The zero-order chi connectivity index (χ0) is 26.4. The number of ether oxygens (including phenoxy) is 3. The van der Waals surface area contributed by atoms with Gasteiger partial charge >= 0.3 is 16.8 Å². The Kier molecular flexibility index (Phi) is 8.63. The van der Waals surface area contributed by atoms with E-state index < -0.39 is 17.9 Å². The summed E-state index contributed by atoms with van der Waals surface area (Å²) in [4.78, 5) is 36.4. The molecule has 0 aliphatic rings. The van der Waals surface area contributed by atoms with E-state index in [2.05, 4.69) is 6.07 Å². The Morgan fingerprint density at radius 1 is 0.892 bits per heavy atom. The molecule has 0 fully saturated rings. The van der Waals surface area contributed by atoms with Gasteiger partial charge in [0.25, 0.3) is 0 Å². The topological polar surface area (TPSA) is 83.8 Å². The third kappa shape index (κ3) is 6.58. The van der Waals surface area contributed by atoms with Crippen molar-refractivity contribution in [1.29, 1.82) is 0 Å². The normalized spacial score (nSPS) is 11.0. The molecule has 1 aromatic heterocycles. The highest BCUT2D eigenvalue weighted by molar-refractivity contribution is 7.16. The molecule has 37 heavy (non-hydrogen) atoms. The third-order valence-corrected chi connectivity index (χ3v) is 7.17. The first kappa shape index (κ1) is 26.4. The standard InChI is InChI=1S/C28H26ClNO6S/c1-34-26(31)23(27(32)35-2)16-19-5-10-22(11-6-19)36-14-13-30-24-12-7-20(17-25(24)37-28(30)33)15-18-3-8-21(29)9-4-18/h3-12,17,23H,13-16H2,1-2H3. The number of fused-ring (bicyclic) bond motifs is 1. The minimum atomic E-state index is -1.02. The fourth-order valence-electron chi connectivity index (χ4n) is 4.03. The Morgan fingerprint density at radius 3 is 2.16 bits per heavy atom. The summed E-state index contributed by atoms with van der Waals surface area (Å²) in [6.45, 7) is 0.717. The van der Waals surface area contributed by atoms with E-state index in [1.165, 1.54) is 25.6 Å². The predicted octanol–water partition coefficient (Wildman–Crippen LogP) is 4.89. The lowest BCUT2D eigenvalue weighted by atomic mass is 9.99. The number of benzene rings is 3. The Bertz CT molecular complexity index is 1430. The number of rotatable bonds is 10. The quantitative estimate of drug-likeness (QED) is 0.211. The summed E-state index contributed by atoms with van der Waals surface area (Å²) in [6, 6.07) is 20.9. The number of halogens is 1. The minimum Gasteiger partial charge on any atom is -0.492 e. The van der Waals surface area contributed by atoms with Gasteiger partial charge in [-0.1, -0.05) is 53.3 Å². The molecule has 0 amide bonds. The van der Waals surface area contributed by atoms with Crippen LogP contribution >= 0.6 is 22.9 Å². The maximum atomic E-state index is 12.6. The van der Waals surface area contributed by atoms with Crippen LogP contribution in [0.4, 0.5) is 0 Å². The second-order valence-corrected chi connectivity index (χ2v) is 9.85. The van der Waals surface area contributed by atoms with Gasteiger partial charge < -0.3 is 14.2 Å². The van der Waals surface area contributed by atoms with Crippen LogP contribution in [0, 0.1) is 5.92 Å². The van der Waals surface area contributed by atoms with Crippen molar-refractivity contribution in [2.24, 2.45) is 5.92 Å². The van der Waals surface area contributed by atoms with Crippen molar-refractivity contribution in [2.75, 3.05) is 20.8 Å². The van der Waals surface area contributed by atoms with E-state index in [-0.39, 0.29) is 11.3 Å². The van der Waals surface area contributed by atoms with Crippen LogP contribution in [-0.2, 0) is 38.4 Å². The molecule has 0 spiro atoms. The monoisotopic (exact) mass is 539 g/mol. The van der Waals surface area contributed by atoms with Crippen LogP contribution in [-0.4, -0.2) is 37.3 Å². The van der Waals surface area contributed by atoms with Gasteiger partial charge in [0.2, 0.25) is 0 Å². The molecule has 1 heterocycles. The molecule has 192 valence electrons. The molecule has 4 aromatic rings. The molecule has 0 aliphatic heterocycles. The average Bonchev–Trinajstić information content (AvgIpc) is 3.22. The lowest BCUT2D eigenvalue weighted by Gasteiger charge is -2.13. The smallest absolute Gasteiger partial charge is 0.320 e. The van der Waals surface area contributed by atoms with Crippen LogP contribution in [0.15, 0.2) is 71.5 Å². The van der Waals surface area contributed by atoms with Gasteiger partial charge in [0.05, 0.1) is 31.0 Å². The van der Waals surface area contributed by atoms with E-state index >= 15 is 0 Å². The van der Waals surface area contributed by atoms with Gasteiger partial charge in [-0.3, -0.25) is 19.0 Å². The molecule has 0 aliphatic carbocycles. The van der Waals surface area contributed by atoms with Crippen LogP contribution in [0.5, 0.6) is 5.75 Å². The van der Waals surface area contributed by atoms with E-state index in [0.717, 1.165) is 33.3 Å². The summed E-state index contributed by atoms with van der Waals surface area (Å²) in [5.74, 6) is -1.68. The summed E-state index contributed by atoms with van der Waals surface area (Å²) < 4.78 is 17.9. The minimum absolute atomic E-state index is 0.0331. The summed E-state index contributed by atoms with van der Waals surface area (Å²) in [7, 11) is 2.47.